The van der Waals surface area contributed by atoms with Crippen LogP contribution in [0.1, 0.15) is 25.8 Å². The fourth-order valence-electron chi connectivity index (χ4n) is 2.45. The first-order valence-electron chi connectivity index (χ1n) is 7.14. The van der Waals surface area contributed by atoms with Gasteiger partial charge in [-0.05, 0) is 30.7 Å². The van der Waals surface area contributed by atoms with Gasteiger partial charge in [0, 0.05) is 24.7 Å². The van der Waals surface area contributed by atoms with Crippen LogP contribution in [0.5, 0.6) is 5.75 Å². The first-order valence-corrected chi connectivity index (χ1v) is 7.14. The van der Waals surface area contributed by atoms with Crippen molar-refractivity contribution in [3.63, 3.8) is 0 Å². The maximum atomic E-state index is 10.8. The molecule has 0 fully saturated rings. The Hall–Kier alpha value is -2.07. The molecule has 112 valence electrons. The molecule has 2 rings (SSSR count). The van der Waals surface area contributed by atoms with Gasteiger partial charge in [-0.2, -0.15) is 0 Å². The molecule has 21 heavy (non-hydrogen) atoms. The van der Waals surface area contributed by atoms with Crippen LogP contribution in [0.2, 0.25) is 0 Å². The number of carbonyl (C=O) groups is 1. The maximum absolute atomic E-state index is 10.8. The summed E-state index contributed by atoms with van der Waals surface area (Å²) in [6, 6.07) is 11.7. The van der Waals surface area contributed by atoms with E-state index in [4.69, 9.17) is 5.11 Å². The van der Waals surface area contributed by atoms with Gasteiger partial charge in [-0.1, -0.05) is 30.3 Å². The third kappa shape index (κ3) is 3.73. The number of phenolic OH excluding ortho intramolecular Hbond substituents is 1. The van der Waals surface area contributed by atoms with E-state index >= 15 is 0 Å². The lowest BCUT2D eigenvalue weighted by Gasteiger charge is -2.26. The third-order valence-corrected chi connectivity index (χ3v) is 3.72. The van der Waals surface area contributed by atoms with Crippen molar-refractivity contribution in [2.75, 3.05) is 6.54 Å². The number of hydrogen-bond donors (Lipinski definition) is 2. The Morgan fingerprint density at radius 2 is 1.90 bits per heavy atom. The van der Waals surface area contributed by atoms with Crippen LogP contribution in [0.4, 0.5) is 0 Å². The summed E-state index contributed by atoms with van der Waals surface area (Å²) >= 11 is 0. The predicted molar refractivity (Wildman–Crippen MR) is 83.4 cm³/mol. The number of hydrogen-bond acceptors (Lipinski definition) is 3. The number of carboxylic acid groups (broad SMARTS) is 1. The van der Waals surface area contributed by atoms with Gasteiger partial charge >= 0.3 is 5.97 Å². The normalized spacial score (nSPS) is 11.4. The molecule has 0 aromatic heterocycles. The molecule has 0 saturated carbocycles. The van der Waals surface area contributed by atoms with Crippen molar-refractivity contribution >= 4 is 16.7 Å². The Morgan fingerprint density at radius 1 is 1.19 bits per heavy atom. The molecular formula is C17H21NO3. The summed E-state index contributed by atoms with van der Waals surface area (Å²) in [6.07, 6.45) is 0.101. The van der Waals surface area contributed by atoms with E-state index in [0.717, 1.165) is 16.3 Å². The van der Waals surface area contributed by atoms with Gasteiger partial charge in [-0.3, -0.25) is 9.69 Å². The highest BCUT2D eigenvalue weighted by Gasteiger charge is 2.15. The van der Waals surface area contributed by atoms with E-state index in [2.05, 4.69) is 4.90 Å². The molecule has 0 amide bonds. The zero-order valence-corrected chi connectivity index (χ0v) is 12.4. The molecule has 2 N–H and O–H groups in total. The van der Waals surface area contributed by atoms with Crippen molar-refractivity contribution in [3.05, 3.63) is 42.0 Å². The van der Waals surface area contributed by atoms with Crippen LogP contribution in [0.3, 0.4) is 0 Å². The fourth-order valence-corrected chi connectivity index (χ4v) is 2.45. The van der Waals surface area contributed by atoms with E-state index in [1.165, 1.54) is 0 Å². The Labute approximate surface area is 124 Å². The summed E-state index contributed by atoms with van der Waals surface area (Å²) in [6.45, 7) is 5.07. The Bertz CT molecular complexity index is 637. The molecule has 2 aromatic rings. The molecule has 4 heteroatoms. The summed E-state index contributed by atoms with van der Waals surface area (Å²) < 4.78 is 0. The van der Waals surface area contributed by atoms with Gasteiger partial charge in [0.2, 0.25) is 0 Å². The van der Waals surface area contributed by atoms with E-state index in [1.807, 2.05) is 44.2 Å². The minimum Gasteiger partial charge on any atom is -0.508 e. The number of aromatic hydroxyl groups is 1. The zero-order valence-electron chi connectivity index (χ0n) is 12.4. The second-order valence-corrected chi connectivity index (χ2v) is 5.49. The highest BCUT2D eigenvalue weighted by atomic mass is 16.4. The standard InChI is InChI=1S/C17H21NO3/c1-12(2)18(10-9-17(20)21)11-15-14-6-4-3-5-13(14)7-8-16(15)19/h3-8,12,19H,9-11H2,1-2H3,(H,20,21). The van der Waals surface area contributed by atoms with Crippen LogP contribution in [0.15, 0.2) is 36.4 Å². The molecule has 0 saturated heterocycles. The lowest BCUT2D eigenvalue weighted by molar-refractivity contribution is -0.137. The highest BCUT2D eigenvalue weighted by Crippen LogP contribution is 2.28. The van der Waals surface area contributed by atoms with Crippen LogP contribution in [-0.4, -0.2) is 33.7 Å². The Morgan fingerprint density at radius 3 is 2.57 bits per heavy atom. The second kappa shape index (κ2) is 6.59. The van der Waals surface area contributed by atoms with Crippen LogP contribution in [0.25, 0.3) is 10.8 Å². The average Bonchev–Trinajstić information content (AvgIpc) is 2.44. The molecule has 0 aliphatic rings. The molecule has 2 aromatic carbocycles. The summed E-state index contributed by atoms with van der Waals surface area (Å²) in [5.74, 6) is -0.544. The molecule has 0 aliphatic carbocycles. The molecule has 0 spiro atoms. The van der Waals surface area contributed by atoms with Crippen LogP contribution in [-0.2, 0) is 11.3 Å². The first kappa shape index (κ1) is 15.3. The maximum Gasteiger partial charge on any atom is 0.304 e. The molecule has 0 heterocycles. The SMILES string of the molecule is CC(C)N(CCC(=O)O)Cc1c(O)ccc2ccccc12. The number of aliphatic carboxylic acids is 1. The molecule has 0 bridgehead atoms. The zero-order chi connectivity index (χ0) is 15.4. The van der Waals surface area contributed by atoms with Crippen molar-refractivity contribution < 1.29 is 15.0 Å². The van der Waals surface area contributed by atoms with Gasteiger partial charge < -0.3 is 10.2 Å². The van der Waals surface area contributed by atoms with Crippen LogP contribution >= 0.6 is 0 Å². The van der Waals surface area contributed by atoms with Gasteiger partial charge in [0.15, 0.2) is 0 Å². The minimum atomic E-state index is -0.803. The van der Waals surface area contributed by atoms with Crippen LogP contribution in [0, 0.1) is 0 Å². The summed E-state index contributed by atoms with van der Waals surface area (Å²) in [5, 5.41) is 21.1. The fraction of sp³-hybridized carbons (Fsp3) is 0.353. The van der Waals surface area contributed by atoms with E-state index < -0.39 is 5.97 Å². The molecular weight excluding hydrogens is 266 g/mol. The molecule has 0 atom stereocenters. The topological polar surface area (TPSA) is 60.8 Å². The summed E-state index contributed by atoms with van der Waals surface area (Å²) in [5.41, 5.74) is 0.854. The van der Waals surface area contributed by atoms with Crippen molar-refractivity contribution in [1.82, 2.24) is 4.90 Å². The van der Waals surface area contributed by atoms with E-state index in [-0.39, 0.29) is 18.2 Å². The number of benzene rings is 2. The van der Waals surface area contributed by atoms with Gasteiger partial charge in [-0.25, -0.2) is 0 Å². The van der Waals surface area contributed by atoms with Gasteiger partial charge in [0.1, 0.15) is 5.75 Å². The number of phenols is 1. The smallest absolute Gasteiger partial charge is 0.304 e. The monoisotopic (exact) mass is 287 g/mol. The summed E-state index contributed by atoms with van der Waals surface area (Å²) in [7, 11) is 0. The number of carboxylic acids is 1. The van der Waals surface area contributed by atoms with E-state index in [1.54, 1.807) is 6.07 Å². The lowest BCUT2D eigenvalue weighted by atomic mass is 10.0. The Kier molecular flexibility index (Phi) is 4.81. The summed E-state index contributed by atoms with van der Waals surface area (Å²) in [4.78, 5) is 12.8. The van der Waals surface area contributed by atoms with Gasteiger partial charge in [0.05, 0.1) is 6.42 Å². The van der Waals surface area contributed by atoms with Crippen molar-refractivity contribution in [3.8, 4) is 5.75 Å². The quantitative estimate of drug-likeness (QED) is 0.856. The van der Waals surface area contributed by atoms with Crippen molar-refractivity contribution in [2.24, 2.45) is 0 Å². The number of nitrogens with zero attached hydrogens (tertiary/aromatic N) is 1. The lowest BCUT2D eigenvalue weighted by Crippen LogP contribution is -2.32. The molecule has 0 unspecified atom stereocenters. The number of fused-ring (bicyclic) bond motifs is 1. The Balaban J connectivity index is 2.31. The largest absolute Gasteiger partial charge is 0.508 e. The van der Waals surface area contributed by atoms with Crippen LogP contribution < -0.4 is 0 Å². The first-order chi connectivity index (χ1) is 9.99. The third-order valence-electron chi connectivity index (χ3n) is 3.72. The highest BCUT2D eigenvalue weighted by molar-refractivity contribution is 5.87. The minimum absolute atomic E-state index is 0.101. The van der Waals surface area contributed by atoms with Crippen molar-refractivity contribution in [1.29, 1.82) is 0 Å². The molecule has 4 nitrogen and oxygen atoms in total. The number of rotatable bonds is 6. The van der Waals surface area contributed by atoms with E-state index in [9.17, 15) is 9.90 Å². The second-order valence-electron chi connectivity index (χ2n) is 5.49. The molecule has 0 radical (unpaired) electrons. The van der Waals surface area contributed by atoms with E-state index in [0.29, 0.717) is 13.1 Å². The van der Waals surface area contributed by atoms with Gasteiger partial charge in [0.25, 0.3) is 0 Å². The average molecular weight is 287 g/mol. The molecule has 0 aliphatic heterocycles. The van der Waals surface area contributed by atoms with Gasteiger partial charge in [-0.15, -0.1) is 0 Å². The van der Waals surface area contributed by atoms with Crippen molar-refractivity contribution in [2.45, 2.75) is 32.9 Å². The predicted octanol–water partition coefficient (Wildman–Crippen LogP) is 3.23.